The summed E-state index contributed by atoms with van der Waals surface area (Å²) >= 11 is 0. The Hall–Kier alpha value is -2.43. The van der Waals surface area contributed by atoms with Gasteiger partial charge in [-0.05, 0) is 24.1 Å². The highest BCUT2D eigenvalue weighted by Crippen LogP contribution is 2.13. The van der Waals surface area contributed by atoms with Crippen molar-refractivity contribution in [1.82, 2.24) is 5.43 Å². The van der Waals surface area contributed by atoms with Gasteiger partial charge in [0.05, 0.1) is 5.69 Å². The fourth-order valence-corrected chi connectivity index (χ4v) is 1.69. The average Bonchev–Trinajstić information content (AvgIpc) is 2.45. The van der Waals surface area contributed by atoms with Crippen molar-refractivity contribution in [3.8, 4) is 0 Å². The minimum Gasteiger partial charge on any atom is -0.296 e. The maximum Gasteiger partial charge on any atom is 0.238 e. The van der Waals surface area contributed by atoms with Crippen LogP contribution in [-0.4, -0.2) is 5.91 Å². The summed E-state index contributed by atoms with van der Waals surface area (Å²) in [7, 11) is 0. The number of hydrazine groups is 1. The van der Waals surface area contributed by atoms with E-state index >= 15 is 0 Å². The Kier molecular flexibility index (Phi) is 4.65. The second kappa shape index (κ2) is 6.65. The zero-order chi connectivity index (χ0) is 14.4. The highest BCUT2D eigenvalue weighted by atomic mass is 19.1. The first-order valence-corrected chi connectivity index (χ1v) is 6.19. The number of rotatable bonds is 5. The number of hydrogen-bond donors (Lipinski definition) is 2. The van der Waals surface area contributed by atoms with Crippen LogP contribution in [0, 0.1) is 11.6 Å². The fourth-order valence-electron chi connectivity index (χ4n) is 1.69. The maximum absolute atomic E-state index is 13.3. The van der Waals surface area contributed by atoms with Gasteiger partial charge in [0.1, 0.15) is 5.82 Å². The first-order valence-electron chi connectivity index (χ1n) is 6.19. The summed E-state index contributed by atoms with van der Waals surface area (Å²) in [5, 5.41) is 0. The van der Waals surface area contributed by atoms with Crippen LogP contribution in [0.1, 0.15) is 12.0 Å². The summed E-state index contributed by atoms with van der Waals surface area (Å²) in [4.78, 5) is 11.6. The van der Waals surface area contributed by atoms with Crippen LogP contribution in [0.3, 0.4) is 0 Å². The number of hydrogen-bond acceptors (Lipinski definition) is 2. The number of amides is 1. The van der Waals surface area contributed by atoms with Crippen LogP contribution in [0.15, 0.2) is 48.5 Å². The molecule has 104 valence electrons. The number of halogens is 2. The van der Waals surface area contributed by atoms with Crippen molar-refractivity contribution in [3.05, 3.63) is 65.7 Å². The highest BCUT2D eigenvalue weighted by Gasteiger charge is 2.05. The van der Waals surface area contributed by atoms with Gasteiger partial charge in [-0.3, -0.25) is 15.6 Å². The number of anilines is 1. The second-order valence-corrected chi connectivity index (χ2v) is 4.28. The van der Waals surface area contributed by atoms with E-state index in [9.17, 15) is 13.6 Å². The molecule has 2 aromatic carbocycles. The number of carbonyl (C=O) groups is 1. The third-order valence-corrected chi connectivity index (χ3v) is 2.75. The van der Waals surface area contributed by atoms with E-state index in [-0.39, 0.29) is 18.0 Å². The SMILES string of the molecule is O=C(CCc1ccccc1)NNc1ccc(F)cc1F. The van der Waals surface area contributed by atoms with Crippen LogP contribution in [0.25, 0.3) is 0 Å². The van der Waals surface area contributed by atoms with E-state index in [0.29, 0.717) is 6.42 Å². The van der Waals surface area contributed by atoms with Gasteiger partial charge in [-0.2, -0.15) is 0 Å². The number of benzene rings is 2. The van der Waals surface area contributed by atoms with Gasteiger partial charge in [0.15, 0.2) is 5.82 Å². The predicted molar refractivity (Wildman–Crippen MR) is 72.9 cm³/mol. The third kappa shape index (κ3) is 4.05. The molecule has 0 saturated heterocycles. The molecule has 2 rings (SSSR count). The van der Waals surface area contributed by atoms with Crippen molar-refractivity contribution < 1.29 is 13.6 Å². The first-order chi connectivity index (χ1) is 9.65. The van der Waals surface area contributed by atoms with E-state index in [1.54, 1.807) is 0 Å². The molecule has 0 aliphatic carbocycles. The van der Waals surface area contributed by atoms with Crippen LogP contribution in [0.4, 0.5) is 14.5 Å². The molecule has 0 aliphatic heterocycles. The van der Waals surface area contributed by atoms with Crippen molar-refractivity contribution in [2.75, 3.05) is 5.43 Å². The van der Waals surface area contributed by atoms with Gasteiger partial charge < -0.3 is 0 Å². The molecule has 0 saturated carbocycles. The number of aryl methyl sites for hydroxylation is 1. The summed E-state index contributed by atoms with van der Waals surface area (Å²) in [6, 6.07) is 12.7. The lowest BCUT2D eigenvalue weighted by molar-refractivity contribution is -0.120. The van der Waals surface area contributed by atoms with Crippen LogP contribution in [0.2, 0.25) is 0 Å². The average molecular weight is 276 g/mol. The molecule has 0 atom stereocenters. The molecule has 2 aromatic rings. The molecular weight excluding hydrogens is 262 g/mol. The molecule has 3 nitrogen and oxygen atoms in total. The Labute approximate surface area is 115 Å². The van der Waals surface area contributed by atoms with Crippen LogP contribution < -0.4 is 10.9 Å². The lowest BCUT2D eigenvalue weighted by Gasteiger charge is -2.09. The Balaban J connectivity index is 1.80. The molecule has 1 amide bonds. The molecule has 20 heavy (non-hydrogen) atoms. The number of nitrogens with one attached hydrogen (secondary N) is 2. The van der Waals surface area contributed by atoms with Gasteiger partial charge in [-0.25, -0.2) is 8.78 Å². The zero-order valence-corrected chi connectivity index (χ0v) is 10.7. The van der Waals surface area contributed by atoms with Crippen molar-refractivity contribution >= 4 is 11.6 Å². The summed E-state index contributed by atoms with van der Waals surface area (Å²) < 4.78 is 26.0. The Morgan fingerprint density at radius 1 is 1.05 bits per heavy atom. The molecule has 0 fully saturated rings. The Morgan fingerprint density at radius 2 is 1.80 bits per heavy atom. The predicted octanol–water partition coefficient (Wildman–Crippen LogP) is 3.04. The van der Waals surface area contributed by atoms with Crippen LogP contribution in [-0.2, 0) is 11.2 Å². The van der Waals surface area contributed by atoms with E-state index in [1.807, 2.05) is 30.3 Å². The Morgan fingerprint density at radius 3 is 2.50 bits per heavy atom. The molecule has 2 N–H and O–H groups in total. The lowest BCUT2D eigenvalue weighted by atomic mass is 10.1. The monoisotopic (exact) mass is 276 g/mol. The fraction of sp³-hybridized carbons (Fsp3) is 0.133. The van der Waals surface area contributed by atoms with Crippen molar-refractivity contribution in [2.45, 2.75) is 12.8 Å². The van der Waals surface area contributed by atoms with Crippen LogP contribution in [0.5, 0.6) is 0 Å². The molecule has 0 aliphatic rings. The molecular formula is C15H14F2N2O. The summed E-state index contributed by atoms with van der Waals surface area (Å²) in [6.07, 6.45) is 0.875. The second-order valence-electron chi connectivity index (χ2n) is 4.28. The van der Waals surface area contributed by atoms with E-state index in [4.69, 9.17) is 0 Å². The summed E-state index contributed by atoms with van der Waals surface area (Å²) in [5.74, 6) is -1.69. The summed E-state index contributed by atoms with van der Waals surface area (Å²) in [6.45, 7) is 0. The van der Waals surface area contributed by atoms with Crippen LogP contribution >= 0.6 is 0 Å². The third-order valence-electron chi connectivity index (χ3n) is 2.75. The van der Waals surface area contributed by atoms with Crippen molar-refractivity contribution in [3.63, 3.8) is 0 Å². The van der Waals surface area contributed by atoms with Gasteiger partial charge in [-0.1, -0.05) is 30.3 Å². The highest BCUT2D eigenvalue weighted by molar-refractivity contribution is 5.77. The number of carbonyl (C=O) groups excluding carboxylic acids is 1. The Bertz CT molecular complexity index is 588. The summed E-state index contributed by atoms with van der Waals surface area (Å²) in [5.41, 5.74) is 5.89. The van der Waals surface area contributed by atoms with E-state index < -0.39 is 11.6 Å². The topological polar surface area (TPSA) is 41.1 Å². The smallest absolute Gasteiger partial charge is 0.238 e. The van der Waals surface area contributed by atoms with Crippen molar-refractivity contribution in [2.24, 2.45) is 0 Å². The molecule has 0 heterocycles. The van der Waals surface area contributed by atoms with Gasteiger partial charge in [0.25, 0.3) is 0 Å². The molecule has 5 heteroatoms. The maximum atomic E-state index is 13.3. The van der Waals surface area contributed by atoms with Gasteiger partial charge in [-0.15, -0.1) is 0 Å². The zero-order valence-electron chi connectivity index (χ0n) is 10.7. The molecule has 0 unspecified atom stereocenters. The molecule has 0 aromatic heterocycles. The lowest BCUT2D eigenvalue weighted by Crippen LogP contribution is -2.29. The standard InChI is InChI=1S/C15H14F2N2O/c16-12-7-8-14(13(17)10-12)18-19-15(20)9-6-11-4-2-1-3-5-11/h1-5,7-8,10,18H,6,9H2,(H,19,20). The molecule has 0 radical (unpaired) electrons. The normalized spacial score (nSPS) is 10.1. The minimum absolute atomic E-state index is 0.0273. The molecule has 0 spiro atoms. The van der Waals surface area contributed by atoms with Gasteiger partial charge >= 0.3 is 0 Å². The van der Waals surface area contributed by atoms with Gasteiger partial charge in [0, 0.05) is 12.5 Å². The van der Waals surface area contributed by atoms with E-state index in [1.165, 1.54) is 6.07 Å². The first kappa shape index (κ1) is 14.0. The quantitative estimate of drug-likeness (QED) is 0.824. The van der Waals surface area contributed by atoms with Gasteiger partial charge in [0.2, 0.25) is 5.91 Å². The minimum atomic E-state index is -0.756. The largest absolute Gasteiger partial charge is 0.296 e. The van der Waals surface area contributed by atoms with E-state index in [2.05, 4.69) is 10.9 Å². The van der Waals surface area contributed by atoms with Crippen molar-refractivity contribution in [1.29, 1.82) is 0 Å². The van der Waals surface area contributed by atoms with E-state index in [0.717, 1.165) is 17.7 Å². The molecule has 0 bridgehead atoms.